The monoisotopic (exact) mass is 323 g/mol. The van der Waals surface area contributed by atoms with Gasteiger partial charge < -0.3 is 10.1 Å². The number of aromatic nitrogens is 2. The van der Waals surface area contributed by atoms with Gasteiger partial charge in [-0.3, -0.25) is 9.20 Å². The third kappa shape index (κ3) is 2.97. The maximum Gasteiger partial charge on any atom is 0.230 e. The second-order valence-corrected chi connectivity index (χ2v) is 6.67. The van der Waals surface area contributed by atoms with E-state index in [0.717, 1.165) is 22.7 Å². The Labute approximate surface area is 141 Å². The first-order chi connectivity index (χ1) is 11.4. The van der Waals surface area contributed by atoms with Crippen LogP contribution in [0.5, 0.6) is 5.75 Å². The number of carbonyl (C=O) groups excluding carboxylic acids is 1. The standard InChI is InChI=1S/C19H21N3O2/c1-19(2,3)18(23)21-17-16(13-8-7-9-14(12-13)24-4)20-15-10-5-6-11-22(15)17/h5-12H,1-4H3,(H,21,23). The Bertz CT molecular complexity index is 891. The predicted molar refractivity (Wildman–Crippen MR) is 95.3 cm³/mol. The smallest absolute Gasteiger partial charge is 0.230 e. The lowest BCUT2D eigenvalue weighted by molar-refractivity contribution is -0.123. The zero-order valence-electron chi connectivity index (χ0n) is 14.3. The number of rotatable bonds is 3. The summed E-state index contributed by atoms with van der Waals surface area (Å²) in [6, 6.07) is 13.4. The first-order valence-corrected chi connectivity index (χ1v) is 7.83. The van der Waals surface area contributed by atoms with Gasteiger partial charge in [0.1, 0.15) is 22.9 Å². The maximum absolute atomic E-state index is 12.5. The summed E-state index contributed by atoms with van der Waals surface area (Å²) in [4.78, 5) is 17.2. The number of amides is 1. The molecule has 0 aliphatic rings. The van der Waals surface area contributed by atoms with E-state index < -0.39 is 5.41 Å². The molecule has 5 nitrogen and oxygen atoms in total. The number of fused-ring (bicyclic) bond motifs is 1. The van der Waals surface area contributed by atoms with Gasteiger partial charge in [0.25, 0.3) is 0 Å². The van der Waals surface area contributed by atoms with Crippen LogP contribution in [0.3, 0.4) is 0 Å². The molecule has 1 N–H and O–H groups in total. The minimum absolute atomic E-state index is 0.0581. The highest BCUT2D eigenvalue weighted by Crippen LogP contribution is 2.31. The second-order valence-electron chi connectivity index (χ2n) is 6.67. The zero-order chi connectivity index (χ0) is 17.3. The minimum atomic E-state index is -0.495. The average molecular weight is 323 g/mol. The molecule has 2 heterocycles. The van der Waals surface area contributed by atoms with Gasteiger partial charge in [-0.05, 0) is 24.3 Å². The lowest BCUT2D eigenvalue weighted by atomic mass is 9.95. The van der Waals surface area contributed by atoms with Gasteiger partial charge in [0.05, 0.1) is 7.11 Å². The highest BCUT2D eigenvalue weighted by Gasteiger charge is 2.24. The number of nitrogens with zero attached hydrogens (tertiary/aromatic N) is 2. The van der Waals surface area contributed by atoms with Gasteiger partial charge in [-0.25, -0.2) is 4.98 Å². The van der Waals surface area contributed by atoms with E-state index in [1.807, 2.05) is 73.8 Å². The topological polar surface area (TPSA) is 55.6 Å². The molecule has 0 saturated carbocycles. The Kier molecular flexibility index (Phi) is 4.01. The van der Waals surface area contributed by atoms with E-state index in [2.05, 4.69) is 10.3 Å². The molecule has 0 aliphatic heterocycles. The molecule has 1 aromatic carbocycles. The van der Waals surface area contributed by atoms with Gasteiger partial charge in [-0.1, -0.05) is 39.0 Å². The molecule has 1 amide bonds. The number of methoxy groups -OCH3 is 1. The normalized spacial score (nSPS) is 11.5. The number of benzene rings is 1. The fourth-order valence-corrected chi connectivity index (χ4v) is 2.38. The summed E-state index contributed by atoms with van der Waals surface area (Å²) in [5.74, 6) is 1.36. The molecule has 0 bridgehead atoms. The van der Waals surface area contributed by atoms with Crippen molar-refractivity contribution < 1.29 is 9.53 Å². The molecule has 0 fully saturated rings. The van der Waals surface area contributed by atoms with Crippen LogP contribution in [0, 0.1) is 5.41 Å². The molecular formula is C19H21N3O2. The third-order valence-electron chi connectivity index (χ3n) is 3.79. The number of carbonyl (C=O) groups is 1. The molecule has 5 heteroatoms. The molecular weight excluding hydrogens is 302 g/mol. The van der Waals surface area contributed by atoms with Crippen molar-refractivity contribution in [3.63, 3.8) is 0 Å². The summed E-state index contributed by atoms with van der Waals surface area (Å²) in [5, 5.41) is 3.03. The SMILES string of the molecule is COc1cccc(-c2nc3ccccn3c2NC(=O)C(C)(C)C)c1. The van der Waals surface area contributed by atoms with E-state index in [0.29, 0.717) is 5.82 Å². The molecule has 0 saturated heterocycles. The van der Waals surface area contributed by atoms with Crippen LogP contribution in [0.1, 0.15) is 20.8 Å². The van der Waals surface area contributed by atoms with Crippen molar-refractivity contribution in [1.29, 1.82) is 0 Å². The number of anilines is 1. The predicted octanol–water partition coefficient (Wildman–Crippen LogP) is 3.99. The lowest BCUT2D eigenvalue weighted by Gasteiger charge is -2.18. The number of nitrogens with one attached hydrogen (secondary N) is 1. The van der Waals surface area contributed by atoms with E-state index in [1.165, 1.54) is 0 Å². The maximum atomic E-state index is 12.5. The fraction of sp³-hybridized carbons (Fsp3) is 0.263. The first kappa shape index (κ1) is 16.1. The third-order valence-corrected chi connectivity index (χ3v) is 3.79. The van der Waals surface area contributed by atoms with Gasteiger partial charge in [0.2, 0.25) is 5.91 Å². The van der Waals surface area contributed by atoms with Crippen molar-refractivity contribution in [3.05, 3.63) is 48.7 Å². The van der Waals surface area contributed by atoms with Crippen molar-refractivity contribution in [3.8, 4) is 17.0 Å². The molecule has 0 atom stereocenters. The highest BCUT2D eigenvalue weighted by molar-refractivity contribution is 5.97. The number of pyridine rings is 1. The van der Waals surface area contributed by atoms with Crippen LogP contribution < -0.4 is 10.1 Å². The number of hydrogen-bond acceptors (Lipinski definition) is 3. The van der Waals surface area contributed by atoms with Gasteiger partial charge in [0, 0.05) is 17.2 Å². The molecule has 2 aromatic heterocycles. The van der Waals surface area contributed by atoms with Crippen LogP contribution >= 0.6 is 0 Å². The van der Waals surface area contributed by atoms with Crippen molar-refractivity contribution in [2.45, 2.75) is 20.8 Å². The summed E-state index contributed by atoms with van der Waals surface area (Å²) < 4.78 is 7.19. The van der Waals surface area contributed by atoms with Crippen LogP contribution in [-0.2, 0) is 4.79 Å². The average Bonchev–Trinajstić information content (AvgIpc) is 2.93. The summed E-state index contributed by atoms with van der Waals surface area (Å²) in [5.41, 5.74) is 1.89. The Morgan fingerprint density at radius 1 is 1.17 bits per heavy atom. The van der Waals surface area contributed by atoms with Crippen LogP contribution in [0.4, 0.5) is 5.82 Å². The van der Waals surface area contributed by atoms with E-state index in [-0.39, 0.29) is 5.91 Å². The molecule has 3 rings (SSSR count). The minimum Gasteiger partial charge on any atom is -0.497 e. The van der Waals surface area contributed by atoms with E-state index in [4.69, 9.17) is 4.74 Å². The summed E-state index contributed by atoms with van der Waals surface area (Å²) in [6.07, 6.45) is 1.89. The summed E-state index contributed by atoms with van der Waals surface area (Å²) in [6.45, 7) is 5.66. The molecule has 0 spiro atoms. The van der Waals surface area contributed by atoms with Gasteiger partial charge >= 0.3 is 0 Å². The van der Waals surface area contributed by atoms with Crippen molar-refractivity contribution in [1.82, 2.24) is 9.38 Å². The first-order valence-electron chi connectivity index (χ1n) is 7.83. The van der Waals surface area contributed by atoms with Crippen LogP contribution in [0.15, 0.2) is 48.7 Å². The molecule has 0 aliphatic carbocycles. The van der Waals surface area contributed by atoms with E-state index >= 15 is 0 Å². The Morgan fingerprint density at radius 2 is 1.96 bits per heavy atom. The van der Waals surface area contributed by atoms with E-state index in [1.54, 1.807) is 7.11 Å². The molecule has 24 heavy (non-hydrogen) atoms. The number of ether oxygens (including phenoxy) is 1. The Morgan fingerprint density at radius 3 is 2.67 bits per heavy atom. The Hall–Kier alpha value is -2.82. The largest absolute Gasteiger partial charge is 0.497 e. The molecule has 3 aromatic rings. The van der Waals surface area contributed by atoms with Crippen molar-refractivity contribution in [2.24, 2.45) is 5.41 Å². The summed E-state index contributed by atoms with van der Waals surface area (Å²) >= 11 is 0. The quantitative estimate of drug-likeness (QED) is 0.793. The van der Waals surface area contributed by atoms with Crippen LogP contribution in [0.2, 0.25) is 0 Å². The van der Waals surface area contributed by atoms with Crippen molar-refractivity contribution >= 4 is 17.4 Å². The fourth-order valence-electron chi connectivity index (χ4n) is 2.38. The number of imidazole rings is 1. The highest BCUT2D eigenvalue weighted by atomic mass is 16.5. The van der Waals surface area contributed by atoms with Gasteiger partial charge in [-0.15, -0.1) is 0 Å². The Balaban J connectivity index is 2.16. The zero-order valence-corrected chi connectivity index (χ0v) is 14.3. The molecule has 0 radical (unpaired) electrons. The lowest BCUT2D eigenvalue weighted by Crippen LogP contribution is -2.28. The van der Waals surface area contributed by atoms with E-state index in [9.17, 15) is 4.79 Å². The van der Waals surface area contributed by atoms with Crippen molar-refractivity contribution in [2.75, 3.05) is 12.4 Å². The molecule has 0 unspecified atom stereocenters. The van der Waals surface area contributed by atoms with Gasteiger partial charge in [-0.2, -0.15) is 0 Å². The molecule has 124 valence electrons. The second kappa shape index (κ2) is 6.00. The van der Waals surface area contributed by atoms with Gasteiger partial charge in [0.15, 0.2) is 0 Å². The van der Waals surface area contributed by atoms with Crippen LogP contribution in [-0.4, -0.2) is 22.4 Å². The summed E-state index contributed by atoms with van der Waals surface area (Å²) in [7, 11) is 1.63. The number of hydrogen-bond donors (Lipinski definition) is 1. The van der Waals surface area contributed by atoms with Crippen LogP contribution in [0.25, 0.3) is 16.9 Å².